The maximum atomic E-state index is 8.29. The van der Waals surface area contributed by atoms with Crippen LogP contribution >= 0.6 is 0 Å². The standard InChI is InChI=1S/C8H15NO/c1-8(2,3)9-6-4-5-7-10/h9-10H,6-7H2,1-3H3. The Balaban J connectivity index is 3.37. The average Bonchev–Trinajstić information content (AvgIpc) is 1.78. The molecule has 0 rings (SSSR count). The van der Waals surface area contributed by atoms with E-state index >= 15 is 0 Å². The van der Waals surface area contributed by atoms with Gasteiger partial charge in [-0.15, -0.1) is 0 Å². The summed E-state index contributed by atoms with van der Waals surface area (Å²) in [5.41, 5.74) is 0.115. The van der Waals surface area contributed by atoms with Crippen molar-refractivity contribution in [1.82, 2.24) is 5.32 Å². The van der Waals surface area contributed by atoms with Gasteiger partial charge in [-0.2, -0.15) is 0 Å². The molecular formula is C8H15NO. The lowest BCUT2D eigenvalue weighted by atomic mass is 10.1. The average molecular weight is 141 g/mol. The van der Waals surface area contributed by atoms with Gasteiger partial charge in [0.15, 0.2) is 0 Å². The van der Waals surface area contributed by atoms with E-state index in [2.05, 4.69) is 37.9 Å². The molecule has 0 atom stereocenters. The van der Waals surface area contributed by atoms with Crippen LogP contribution in [0, 0.1) is 11.8 Å². The number of hydrogen-bond donors (Lipinski definition) is 2. The van der Waals surface area contributed by atoms with Gasteiger partial charge in [-0.1, -0.05) is 11.8 Å². The van der Waals surface area contributed by atoms with Gasteiger partial charge in [0.1, 0.15) is 6.61 Å². The summed E-state index contributed by atoms with van der Waals surface area (Å²) in [7, 11) is 0. The molecule has 0 saturated carbocycles. The molecule has 0 amide bonds. The summed E-state index contributed by atoms with van der Waals surface area (Å²) in [6.45, 7) is 6.82. The van der Waals surface area contributed by atoms with Crippen LogP contribution in [0.25, 0.3) is 0 Å². The fourth-order valence-electron chi connectivity index (χ4n) is 0.428. The van der Waals surface area contributed by atoms with Crippen LogP contribution in [0.15, 0.2) is 0 Å². The van der Waals surface area contributed by atoms with Gasteiger partial charge in [0, 0.05) is 5.54 Å². The summed E-state index contributed by atoms with van der Waals surface area (Å²) in [6, 6.07) is 0. The van der Waals surface area contributed by atoms with E-state index in [0.717, 1.165) is 0 Å². The van der Waals surface area contributed by atoms with Gasteiger partial charge in [-0.05, 0) is 20.8 Å². The second kappa shape index (κ2) is 4.32. The Morgan fingerprint density at radius 1 is 1.30 bits per heavy atom. The highest BCUT2D eigenvalue weighted by atomic mass is 16.2. The lowest BCUT2D eigenvalue weighted by Crippen LogP contribution is -2.35. The van der Waals surface area contributed by atoms with E-state index < -0.39 is 0 Å². The Bertz CT molecular complexity index is 136. The molecule has 0 aromatic heterocycles. The topological polar surface area (TPSA) is 32.3 Å². The van der Waals surface area contributed by atoms with Gasteiger partial charge in [-0.25, -0.2) is 0 Å². The SMILES string of the molecule is CC(C)(C)NCC#CCO. The Morgan fingerprint density at radius 3 is 2.30 bits per heavy atom. The summed E-state index contributed by atoms with van der Waals surface area (Å²) in [4.78, 5) is 0. The summed E-state index contributed by atoms with van der Waals surface area (Å²) < 4.78 is 0. The van der Waals surface area contributed by atoms with Crippen LogP contribution in [0.5, 0.6) is 0 Å². The maximum Gasteiger partial charge on any atom is 0.104 e. The molecule has 0 saturated heterocycles. The number of rotatable bonds is 1. The van der Waals surface area contributed by atoms with Crippen molar-refractivity contribution in [2.45, 2.75) is 26.3 Å². The van der Waals surface area contributed by atoms with E-state index in [1.54, 1.807) is 0 Å². The molecule has 0 bridgehead atoms. The highest BCUT2D eigenvalue weighted by Gasteiger charge is 2.05. The summed E-state index contributed by atoms with van der Waals surface area (Å²) >= 11 is 0. The third-order valence-corrected chi connectivity index (χ3v) is 0.911. The molecule has 0 aromatic rings. The Hall–Kier alpha value is -0.520. The minimum atomic E-state index is -0.0498. The Kier molecular flexibility index (Phi) is 4.10. The van der Waals surface area contributed by atoms with E-state index in [1.807, 2.05) is 0 Å². The highest BCUT2D eigenvalue weighted by molar-refractivity contribution is 5.01. The van der Waals surface area contributed by atoms with Gasteiger partial charge < -0.3 is 10.4 Å². The van der Waals surface area contributed by atoms with Gasteiger partial charge >= 0.3 is 0 Å². The zero-order chi connectivity index (χ0) is 8.04. The van der Waals surface area contributed by atoms with Crippen LogP contribution in [0.4, 0.5) is 0 Å². The molecule has 2 nitrogen and oxygen atoms in total. The monoisotopic (exact) mass is 141 g/mol. The van der Waals surface area contributed by atoms with Gasteiger partial charge in [0.2, 0.25) is 0 Å². The van der Waals surface area contributed by atoms with E-state index in [1.165, 1.54) is 0 Å². The van der Waals surface area contributed by atoms with Gasteiger partial charge in [0.05, 0.1) is 6.54 Å². The molecule has 0 unspecified atom stereocenters. The predicted octanol–water partition coefficient (Wildman–Crippen LogP) is 0.370. The Labute approximate surface area is 62.6 Å². The molecule has 0 radical (unpaired) electrons. The van der Waals surface area contributed by atoms with Crippen molar-refractivity contribution < 1.29 is 5.11 Å². The molecule has 0 heterocycles. The van der Waals surface area contributed by atoms with Crippen LogP contribution in [0.3, 0.4) is 0 Å². The minimum absolute atomic E-state index is 0.0498. The molecule has 10 heavy (non-hydrogen) atoms. The van der Waals surface area contributed by atoms with Crippen LogP contribution in [-0.4, -0.2) is 23.8 Å². The number of hydrogen-bond acceptors (Lipinski definition) is 2. The van der Waals surface area contributed by atoms with Crippen LogP contribution in [-0.2, 0) is 0 Å². The Morgan fingerprint density at radius 2 is 1.90 bits per heavy atom. The first-order valence-electron chi connectivity index (χ1n) is 3.38. The van der Waals surface area contributed by atoms with Gasteiger partial charge in [0.25, 0.3) is 0 Å². The summed E-state index contributed by atoms with van der Waals surface area (Å²) in [5.74, 6) is 5.34. The third-order valence-electron chi connectivity index (χ3n) is 0.911. The molecular weight excluding hydrogens is 126 g/mol. The quantitative estimate of drug-likeness (QED) is 0.517. The van der Waals surface area contributed by atoms with Crippen LogP contribution < -0.4 is 5.32 Å². The first-order chi connectivity index (χ1) is 4.56. The van der Waals surface area contributed by atoms with E-state index in [0.29, 0.717) is 6.54 Å². The van der Waals surface area contributed by atoms with Crippen LogP contribution in [0.2, 0.25) is 0 Å². The molecule has 0 spiro atoms. The van der Waals surface area contributed by atoms with Crippen molar-refractivity contribution in [3.63, 3.8) is 0 Å². The third kappa shape index (κ3) is 7.48. The van der Waals surface area contributed by atoms with E-state index in [-0.39, 0.29) is 12.1 Å². The minimum Gasteiger partial charge on any atom is -0.384 e. The van der Waals surface area contributed by atoms with Crippen molar-refractivity contribution in [2.24, 2.45) is 0 Å². The molecule has 2 heteroatoms. The fraction of sp³-hybridized carbons (Fsp3) is 0.750. The number of nitrogens with one attached hydrogen (secondary N) is 1. The number of aliphatic hydroxyl groups is 1. The maximum absolute atomic E-state index is 8.29. The first-order valence-corrected chi connectivity index (χ1v) is 3.38. The zero-order valence-corrected chi connectivity index (χ0v) is 6.86. The largest absolute Gasteiger partial charge is 0.384 e. The molecule has 0 aliphatic rings. The second-order valence-electron chi connectivity index (χ2n) is 3.12. The summed E-state index contributed by atoms with van der Waals surface area (Å²) in [5, 5.41) is 11.5. The molecule has 0 fully saturated rings. The van der Waals surface area contributed by atoms with Crippen molar-refractivity contribution in [3.8, 4) is 11.8 Å². The lowest BCUT2D eigenvalue weighted by Gasteiger charge is -2.17. The van der Waals surface area contributed by atoms with Crippen molar-refractivity contribution in [3.05, 3.63) is 0 Å². The van der Waals surface area contributed by atoms with E-state index in [9.17, 15) is 0 Å². The molecule has 0 aliphatic carbocycles. The van der Waals surface area contributed by atoms with Crippen LogP contribution in [0.1, 0.15) is 20.8 Å². The number of aliphatic hydroxyl groups excluding tert-OH is 1. The molecule has 0 aromatic carbocycles. The zero-order valence-electron chi connectivity index (χ0n) is 6.86. The second-order valence-corrected chi connectivity index (χ2v) is 3.12. The highest BCUT2D eigenvalue weighted by Crippen LogP contribution is 1.95. The smallest absolute Gasteiger partial charge is 0.104 e. The first kappa shape index (κ1) is 9.48. The van der Waals surface area contributed by atoms with E-state index in [4.69, 9.17) is 5.11 Å². The molecule has 58 valence electrons. The van der Waals surface area contributed by atoms with Gasteiger partial charge in [-0.3, -0.25) is 0 Å². The lowest BCUT2D eigenvalue weighted by molar-refractivity contribution is 0.350. The molecule has 0 aliphatic heterocycles. The predicted molar refractivity (Wildman–Crippen MR) is 42.6 cm³/mol. The normalized spacial score (nSPS) is 10.4. The van der Waals surface area contributed by atoms with Crippen molar-refractivity contribution in [1.29, 1.82) is 0 Å². The fourth-order valence-corrected chi connectivity index (χ4v) is 0.428. The van der Waals surface area contributed by atoms with Crippen molar-refractivity contribution >= 4 is 0 Å². The van der Waals surface area contributed by atoms with Crippen molar-refractivity contribution in [2.75, 3.05) is 13.2 Å². The summed E-state index contributed by atoms with van der Waals surface area (Å²) in [6.07, 6.45) is 0. The molecule has 2 N–H and O–H groups in total.